The zero-order chi connectivity index (χ0) is 21.1. The van der Waals surface area contributed by atoms with Crippen LogP contribution >= 0.6 is 0 Å². The highest BCUT2D eigenvalue weighted by atomic mass is 19.4. The van der Waals surface area contributed by atoms with E-state index in [4.69, 9.17) is 10.8 Å². The zero-order valence-electron chi connectivity index (χ0n) is 14.5. The summed E-state index contributed by atoms with van der Waals surface area (Å²) < 4.78 is 45.8. The van der Waals surface area contributed by atoms with Gasteiger partial charge < -0.3 is 30.5 Å². The number of benzene rings is 1. The molecule has 0 aliphatic carbocycles. The zero-order valence-corrected chi connectivity index (χ0v) is 14.5. The fraction of sp³-hybridized carbons (Fsp3) is 0.312. The van der Waals surface area contributed by atoms with Gasteiger partial charge in [-0.2, -0.15) is 0 Å². The Hall–Kier alpha value is -3.28. The number of methoxy groups -OCH3 is 1. The summed E-state index contributed by atoms with van der Waals surface area (Å²) in [6.07, 6.45) is -4.98. The van der Waals surface area contributed by atoms with Crippen LogP contribution in [-0.2, 0) is 14.3 Å². The molecule has 12 heteroatoms. The Bertz CT molecular complexity index is 837. The summed E-state index contributed by atoms with van der Waals surface area (Å²) >= 11 is 0. The molecule has 4 N–H and O–H groups in total. The molecular formula is C16H16F3N3O6. The van der Waals surface area contributed by atoms with Gasteiger partial charge in [-0.05, 0) is 12.1 Å². The number of carbonyl (C=O) groups excluding carboxylic acids is 3. The third-order valence-electron chi connectivity index (χ3n) is 3.70. The minimum absolute atomic E-state index is 0.0928. The van der Waals surface area contributed by atoms with Crippen molar-refractivity contribution in [3.05, 3.63) is 35.0 Å². The number of ether oxygens (including phenoxy) is 2. The first-order valence-electron chi connectivity index (χ1n) is 7.75. The second-order valence-electron chi connectivity index (χ2n) is 5.54. The molecule has 1 heterocycles. The lowest BCUT2D eigenvalue weighted by Gasteiger charge is -2.16. The van der Waals surface area contributed by atoms with Gasteiger partial charge >= 0.3 is 12.3 Å². The Balaban J connectivity index is 2.47. The summed E-state index contributed by atoms with van der Waals surface area (Å²) in [4.78, 5) is 37.2. The number of hydrogen-bond acceptors (Lipinski definition) is 7. The molecule has 0 fully saturated rings. The highest BCUT2D eigenvalue weighted by Crippen LogP contribution is 2.30. The number of halogens is 3. The summed E-state index contributed by atoms with van der Waals surface area (Å²) in [6.45, 7) is -0.668. The van der Waals surface area contributed by atoms with Crippen molar-refractivity contribution >= 4 is 23.5 Å². The van der Waals surface area contributed by atoms with Crippen molar-refractivity contribution < 1.29 is 42.1 Å². The monoisotopic (exact) mass is 403 g/mol. The highest BCUT2D eigenvalue weighted by molar-refractivity contribution is 6.09. The number of aliphatic hydroxyl groups is 1. The molecule has 0 radical (unpaired) electrons. The number of β-amino-alcohol motifs (C(OH)–C–C–N with tert-alkyl or cyclic N) is 1. The molecule has 0 bridgehead atoms. The topological polar surface area (TPSA) is 131 Å². The SMILES string of the molecule is COC(=O)C1=C(Nc2cc(OC(F)(F)F)ccc2C(N)=O)C(=O)N(CCO)C1. The molecule has 1 aliphatic heterocycles. The van der Waals surface area contributed by atoms with E-state index in [9.17, 15) is 27.6 Å². The first-order chi connectivity index (χ1) is 13.1. The number of aliphatic hydroxyl groups excluding tert-OH is 1. The Kier molecular flexibility index (Phi) is 6.13. The van der Waals surface area contributed by atoms with Crippen molar-refractivity contribution in [2.75, 3.05) is 32.1 Å². The largest absolute Gasteiger partial charge is 0.573 e. The Morgan fingerprint density at radius 3 is 2.57 bits per heavy atom. The fourth-order valence-electron chi connectivity index (χ4n) is 2.52. The highest BCUT2D eigenvalue weighted by Gasteiger charge is 2.35. The Labute approximate surface area is 156 Å². The van der Waals surface area contributed by atoms with Crippen LogP contribution in [-0.4, -0.2) is 61.0 Å². The van der Waals surface area contributed by atoms with Gasteiger partial charge in [-0.1, -0.05) is 0 Å². The molecule has 2 rings (SSSR count). The molecule has 0 saturated heterocycles. The van der Waals surface area contributed by atoms with Gasteiger partial charge in [-0.3, -0.25) is 9.59 Å². The molecule has 2 amide bonds. The van der Waals surface area contributed by atoms with E-state index >= 15 is 0 Å². The van der Waals surface area contributed by atoms with Gasteiger partial charge in [0, 0.05) is 12.6 Å². The predicted molar refractivity (Wildman–Crippen MR) is 88.0 cm³/mol. The normalized spacial score (nSPS) is 14.3. The van der Waals surface area contributed by atoms with Crippen LogP contribution in [0.15, 0.2) is 29.5 Å². The molecular weight excluding hydrogens is 387 g/mol. The van der Waals surface area contributed by atoms with Crippen LogP contribution in [0.4, 0.5) is 18.9 Å². The summed E-state index contributed by atoms with van der Waals surface area (Å²) in [7, 11) is 1.08. The van der Waals surface area contributed by atoms with Crippen molar-refractivity contribution in [1.29, 1.82) is 0 Å². The first-order valence-corrected chi connectivity index (χ1v) is 7.75. The van der Waals surface area contributed by atoms with Crippen LogP contribution in [0, 0.1) is 0 Å². The Morgan fingerprint density at radius 1 is 1.36 bits per heavy atom. The molecule has 0 unspecified atom stereocenters. The molecule has 0 aromatic heterocycles. The molecule has 9 nitrogen and oxygen atoms in total. The minimum Gasteiger partial charge on any atom is -0.466 e. The number of rotatable bonds is 7. The van der Waals surface area contributed by atoms with Crippen molar-refractivity contribution in [2.24, 2.45) is 5.73 Å². The van der Waals surface area contributed by atoms with Crippen LogP contribution in [0.25, 0.3) is 0 Å². The van der Waals surface area contributed by atoms with E-state index in [1.807, 2.05) is 0 Å². The molecule has 0 saturated carbocycles. The van der Waals surface area contributed by atoms with Gasteiger partial charge in [-0.15, -0.1) is 13.2 Å². The van der Waals surface area contributed by atoms with E-state index in [-0.39, 0.29) is 42.2 Å². The predicted octanol–water partition coefficient (Wildman–Crippen LogP) is 0.358. The van der Waals surface area contributed by atoms with Crippen LogP contribution in [0.1, 0.15) is 10.4 Å². The van der Waals surface area contributed by atoms with Gasteiger partial charge in [0.15, 0.2) is 0 Å². The van der Waals surface area contributed by atoms with E-state index in [0.717, 1.165) is 30.2 Å². The summed E-state index contributed by atoms with van der Waals surface area (Å²) in [5, 5.41) is 11.5. The van der Waals surface area contributed by atoms with E-state index in [2.05, 4.69) is 14.8 Å². The summed E-state index contributed by atoms with van der Waals surface area (Å²) in [5.74, 6) is -3.23. The first kappa shape index (κ1) is 21.0. The molecule has 152 valence electrons. The van der Waals surface area contributed by atoms with Gasteiger partial charge in [0.05, 0.1) is 37.1 Å². The van der Waals surface area contributed by atoms with E-state index in [1.54, 1.807) is 0 Å². The quantitative estimate of drug-likeness (QED) is 0.560. The lowest BCUT2D eigenvalue weighted by molar-refractivity contribution is -0.274. The van der Waals surface area contributed by atoms with Crippen LogP contribution in [0.2, 0.25) is 0 Å². The molecule has 0 atom stereocenters. The maximum Gasteiger partial charge on any atom is 0.573 e. The summed E-state index contributed by atoms with van der Waals surface area (Å²) in [5.41, 5.74) is 4.27. The molecule has 1 aromatic carbocycles. The van der Waals surface area contributed by atoms with Crippen LogP contribution < -0.4 is 15.8 Å². The average Bonchev–Trinajstić information content (AvgIpc) is 2.89. The maximum atomic E-state index is 12.5. The minimum atomic E-state index is -4.98. The van der Waals surface area contributed by atoms with E-state index in [1.165, 1.54) is 0 Å². The number of nitrogens with one attached hydrogen (secondary N) is 1. The van der Waals surface area contributed by atoms with Crippen molar-refractivity contribution in [1.82, 2.24) is 4.90 Å². The summed E-state index contributed by atoms with van der Waals surface area (Å²) in [6, 6.07) is 2.68. The number of primary amides is 1. The van der Waals surface area contributed by atoms with Gasteiger partial charge in [0.1, 0.15) is 11.4 Å². The molecule has 0 spiro atoms. The molecule has 1 aliphatic rings. The van der Waals surface area contributed by atoms with Crippen molar-refractivity contribution in [2.45, 2.75) is 6.36 Å². The fourth-order valence-corrected chi connectivity index (χ4v) is 2.52. The molecule has 28 heavy (non-hydrogen) atoms. The second kappa shape index (κ2) is 8.17. The number of alkyl halides is 3. The third-order valence-corrected chi connectivity index (χ3v) is 3.70. The van der Waals surface area contributed by atoms with E-state index in [0.29, 0.717) is 0 Å². The van der Waals surface area contributed by atoms with Gasteiger partial charge in [-0.25, -0.2) is 4.79 Å². The van der Waals surface area contributed by atoms with Gasteiger partial charge in [0.25, 0.3) is 11.8 Å². The third kappa shape index (κ3) is 4.71. The Morgan fingerprint density at radius 2 is 2.04 bits per heavy atom. The second-order valence-corrected chi connectivity index (χ2v) is 5.54. The van der Waals surface area contributed by atoms with Crippen molar-refractivity contribution in [3.8, 4) is 5.75 Å². The molecule has 1 aromatic rings. The lowest BCUT2D eigenvalue weighted by Crippen LogP contribution is -2.31. The smallest absolute Gasteiger partial charge is 0.466 e. The lowest BCUT2D eigenvalue weighted by atomic mass is 10.1. The maximum absolute atomic E-state index is 12.5. The van der Waals surface area contributed by atoms with Crippen molar-refractivity contribution in [3.63, 3.8) is 0 Å². The number of nitrogens with zero attached hydrogens (tertiary/aromatic N) is 1. The van der Waals surface area contributed by atoms with Gasteiger partial charge in [0.2, 0.25) is 0 Å². The van der Waals surface area contributed by atoms with Crippen LogP contribution in [0.3, 0.4) is 0 Å². The van der Waals surface area contributed by atoms with E-state index < -0.39 is 29.9 Å². The standard InChI is InChI=1S/C16H16F3N3O6/c1-27-15(26)10-7-22(4-5-23)14(25)12(10)21-11-6-8(28-16(17,18)19)2-3-9(11)13(20)24/h2-3,6,21,23H,4-5,7H2,1H3,(H2,20,24). The average molecular weight is 403 g/mol. The number of amides is 2. The number of carbonyl (C=O) groups is 3. The number of nitrogens with two attached hydrogens (primary N) is 1. The number of esters is 1. The van der Waals surface area contributed by atoms with Crippen LogP contribution in [0.5, 0.6) is 5.75 Å². The number of anilines is 1. The number of hydrogen-bond donors (Lipinski definition) is 3.